The molecule has 2 rings (SSSR count). The monoisotopic (exact) mass is 269 g/mol. The van der Waals surface area contributed by atoms with E-state index >= 15 is 0 Å². The van der Waals surface area contributed by atoms with Crippen molar-refractivity contribution in [2.75, 3.05) is 39.2 Å². The fourth-order valence-corrected chi connectivity index (χ4v) is 3.07. The molecule has 0 N–H and O–H groups in total. The summed E-state index contributed by atoms with van der Waals surface area (Å²) < 4.78 is 5.06. The van der Waals surface area contributed by atoms with Crippen LogP contribution in [-0.2, 0) is 11.3 Å². The molecule has 5 nitrogen and oxygen atoms in total. The van der Waals surface area contributed by atoms with Crippen LogP contribution in [0.1, 0.15) is 21.8 Å². The standard InChI is InChI=1S/C12H19N3O2S/c1-14(2)9-4-5-15(6-9)12-13-10(8-17-3)11(7-16)18-12/h7,9H,4-6,8H2,1-3H3. The molecule has 1 aliphatic heterocycles. The van der Waals surface area contributed by atoms with E-state index in [0.717, 1.165) is 36.6 Å². The van der Waals surface area contributed by atoms with Crippen molar-refractivity contribution in [3.63, 3.8) is 0 Å². The normalized spacial score (nSPS) is 19.8. The lowest BCUT2D eigenvalue weighted by Gasteiger charge is -2.19. The number of hydrogen-bond donors (Lipinski definition) is 0. The molecular weight excluding hydrogens is 250 g/mol. The first-order chi connectivity index (χ1) is 8.65. The van der Waals surface area contributed by atoms with Gasteiger partial charge in [-0.05, 0) is 20.5 Å². The molecule has 1 aromatic rings. The minimum absolute atomic E-state index is 0.398. The van der Waals surface area contributed by atoms with Crippen LogP contribution < -0.4 is 4.90 Å². The first-order valence-corrected chi connectivity index (χ1v) is 6.82. The van der Waals surface area contributed by atoms with Gasteiger partial charge in [0.2, 0.25) is 0 Å². The van der Waals surface area contributed by atoms with Gasteiger partial charge >= 0.3 is 0 Å². The van der Waals surface area contributed by atoms with Crippen molar-refractivity contribution in [2.24, 2.45) is 0 Å². The van der Waals surface area contributed by atoms with E-state index in [1.807, 2.05) is 0 Å². The van der Waals surface area contributed by atoms with E-state index in [2.05, 4.69) is 28.9 Å². The van der Waals surface area contributed by atoms with Crippen LogP contribution in [0.4, 0.5) is 5.13 Å². The Morgan fingerprint density at radius 3 is 2.94 bits per heavy atom. The summed E-state index contributed by atoms with van der Waals surface area (Å²) in [5.74, 6) is 0. The number of hydrogen-bond acceptors (Lipinski definition) is 6. The maximum Gasteiger partial charge on any atom is 0.186 e. The average Bonchev–Trinajstić information content (AvgIpc) is 2.94. The van der Waals surface area contributed by atoms with Crippen LogP contribution >= 0.6 is 11.3 Å². The molecule has 0 amide bonds. The summed E-state index contributed by atoms with van der Waals surface area (Å²) >= 11 is 1.46. The zero-order chi connectivity index (χ0) is 13.1. The Morgan fingerprint density at radius 2 is 2.39 bits per heavy atom. The first-order valence-electron chi connectivity index (χ1n) is 6.01. The summed E-state index contributed by atoms with van der Waals surface area (Å²) in [6.45, 7) is 2.38. The van der Waals surface area contributed by atoms with E-state index in [4.69, 9.17) is 4.74 Å². The number of aromatic nitrogens is 1. The van der Waals surface area contributed by atoms with Gasteiger partial charge < -0.3 is 14.5 Å². The number of ether oxygens (including phenoxy) is 1. The molecule has 1 aliphatic rings. The molecule has 6 heteroatoms. The van der Waals surface area contributed by atoms with Gasteiger partial charge in [0, 0.05) is 26.2 Å². The van der Waals surface area contributed by atoms with Crippen molar-refractivity contribution in [1.82, 2.24) is 9.88 Å². The van der Waals surface area contributed by atoms with Crippen molar-refractivity contribution in [1.29, 1.82) is 0 Å². The van der Waals surface area contributed by atoms with E-state index in [1.54, 1.807) is 7.11 Å². The van der Waals surface area contributed by atoms with Crippen molar-refractivity contribution in [3.8, 4) is 0 Å². The summed E-state index contributed by atoms with van der Waals surface area (Å²) in [6.07, 6.45) is 2.01. The number of carbonyl (C=O) groups excluding carboxylic acids is 1. The zero-order valence-electron chi connectivity index (χ0n) is 11.0. The van der Waals surface area contributed by atoms with Gasteiger partial charge in [-0.15, -0.1) is 0 Å². The van der Waals surface area contributed by atoms with E-state index in [1.165, 1.54) is 11.3 Å². The largest absolute Gasteiger partial charge is 0.378 e. The maximum absolute atomic E-state index is 11.0. The molecular formula is C12H19N3O2S. The Labute approximate surface area is 111 Å². The third-order valence-electron chi connectivity index (χ3n) is 3.27. The van der Waals surface area contributed by atoms with Crippen LogP contribution in [0.15, 0.2) is 0 Å². The zero-order valence-corrected chi connectivity index (χ0v) is 11.9. The van der Waals surface area contributed by atoms with Crippen LogP contribution in [0.25, 0.3) is 0 Å². The van der Waals surface area contributed by atoms with Gasteiger partial charge in [-0.25, -0.2) is 4.98 Å². The number of thiazole rings is 1. The molecule has 100 valence electrons. The lowest BCUT2D eigenvalue weighted by Crippen LogP contribution is -2.31. The number of likely N-dealkylation sites (N-methyl/N-ethyl adjacent to an activating group) is 1. The Morgan fingerprint density at radius 1 is 1.61 bits per heavy atom. The van der Waals surface area contributed by atoms with Gasteiger partial charge in [0.1, 0.15) is 0 Å². The third kappa shape index (κ3) is 2.71. The molecule has 1 fully saturated rings. The Kier molecular flexibility index (Phi) is 4.31. The number of anilines is 1. The van der Waals surface area contributed by atoms with Crippen molar-refractivity contribution < 1.29 is 9.53 Å². The van der Waals surface area contributed by atoms with Gasteiger partial charge in [-0.1, -0.05) is 11.3 Å². The van der Waals surface area contributed by atoms with Crippen LogP contribution in [-0.4, -0.2) is 56.5 Å². The second-order valence-electron chi connectivity index (χ2n) is 4.71. The quantitative estimate of drug-likeness (QED) is 0.753. The van der Waals surface area contributed by atoms with Crippen LogP contribution in [0, 0.1) is 0 Å². The van der Waals surface area contributed by atoms with Crippen molar-refractivity contribution in [3.05, 3.63) is 10.6 Å². The maximum atomic E-state index is 11.0. The lowest BCUT2D eigenvalue weighted by molar-refractivity contribution is 0.112. The van der Waals surface area contributed by atoms with E-state index in [0.29, 0.717) is 17.5 Å². The van der Waals surface area contributed by atoms with Gasteiger partial charge in [0.25, 0.3) is 0 Å². The van der Waals surface area contributed by atoms with Crippen LogP contribution in [0.5, 0.6) is 0 Å². The molecule has 0 spiro atoms. The molecule has 1 saturated heterocycles. The second kappa shape index (κ2) is 5.77. The van der Waals surface area contributed by atoms with Crippen LogP contribution in [0.2, 0.25) is 0 Å². The van der Waals surface area contributed by atoms with Gasteiger partial charge in [-0.2, -0.15) is 0 Å². The Bertz CT molecular complexity index is 419. The molecule has 1 atom stereocenters. The van der Waals surface area contributed by atoms with Crippen molar-refractivity contribution >= 4 is 22.8 Å². The molecule has 0 aliphatic carbocycles. The van der Waals surface area contributed by atoms with E-state index in [9.17, 15) is 4.79 Å². The molecule has 0 saturated carbocycles. The minimum atomic E-state index is 0.398. The molecule has 0 bridgehead atoms. The molecule has 1 unspecified atom stereocenters. The predicted octanol–water partition coefficient (Wildman–Crippen LogP) is 1.24. The SMILES string of the molecule is COCc1nc(N2CCC(N(C)C)C2)sc1C=O. The molecule has 2 heterocycles. The smallest absolute Gasteiger partial charge is 0.186 e. The summed E-state index contributed by atoms with van der Waals surface area (Å²) in [5, 5.41) is 0.938. The fraction of sp³-hybridized carbons (Fsp3) is 0.667. The highest BCUT2D eigenvalue weighted by molar-refractivity contribution is 7.17. The summed E-state index contributed by atoms with van der Waals surface area (Å²) in [7, 11) is 5.82. The Hall–Kier alpha value is -0.980. The van der Waals surface area contributed by atoms with E-state index in [-0.39, 0.29) is 0 Å². The number of aldehydes is 1. The van der Waals surface area contributed by atoms with Gasteiger partial charge in [0.15, 0.2) is 11.4 Å². The van der Waals surface area contributed by atoms with E-state index < -0.39 is 0 Å². The highest BCUT2D eigenvalue weighted by Crippen LogP contribution is 2.29. The summed E-state index contributed by atoms with van der Waals surface area (Å²) in [6, 6.07) is 0.569. The molecule has 18 heavy (non-hydrogen) atoms. The summed E-state index contributed by atoms with van der Waals surface area (Å²) in [4.78, 5) is 20.7. The lowest BCUT2D eigenvalue weighted by atomic mass is 10.2. The predicted molar refractivity (Wildman–Crippen MR) is 72.5 cm³/mol. The second-order valence-corrected chi connectivity index (χ2v) is 5.72. The van der Waals surface area contributed by atoms with Gasteiger partial charge in [-0.3, -0.25) is 4.79 Å². The highest BCUT2D eigenvalue weighted by atomic mass is 32.1. The number of methoxy groups -OCH3 is 1. The third-order valence-corrected chi connectivity index (χ3v) is 4.35. The fourth-order valence-electron chi connectivity index (χ4n) is 2.16. The highest BCUT2D eigenvalue weighted by Gasteiger charge is 2.26. The average molecular weight is 269 g/mol. The minimum Gasteiger partial charge on any atom is -0.378 e. The number of nitrogens with zero attached hydrogens (tertiary/aromatic N) is 3. The topological polar surface area (TPSA) is 45.7 Å². The molecule has 0 radical (unpaired) electrons. The molecule has 1 aromatic heterocycles. The first kappa shape index (κ1) is 13.5. The van der Waals surface area contributed by atoms with Crippen LogP contribution in [0.3, 0.4) is 0 Å². The number of rotatable bonds is 5. The van der Waals surface area contributed by atoms with Gasteiger partial charge in [0.05, 0.1) is 17.2 Å². The Balaban J connectivity index is 2.12. The summed E-state index contributed by atoms with van der Waals surface area (Å²) in [5.41, 5.74) is 0.751. The van der Waals surface area contributed by atoms with Crippen molar-refractivity contribution in [2.45, 2.75) is 19.1 Å². The number of carbonyl (C=O) groups is 1. The molecule has 0 aromatic carbocycles.